The number of fused-ring (bicyclic) bond motifs is 1. The van der Waals surface area contributed by atoms with E-state index in [-0.39, 0.29) is 0 Å². The minimum atomic E-state index is 0.736. The van der Waals surface area contributed by atoms with E-state index in [9.17, 15) is 0 Å². The van der Waals surface area contributed by atoms with Crippen molar-refractivity contribution in [3.8, 4) is 0 Å². The summed E-state index contributed by atoms with van der Waals surface area (Å²) in [6.45, 7) is 2.26. The lowest BCUT2D eigenvalue weighted by Crippen LogP contribution is -2.00. The minimum Gasteiger partial charge on any atom is -0.259 e. The van der Waals surface area contributed by atoms with Crippen molar-refractivity contribution < 1.29 is 0 Å². The zero-order valence-corrected chi connectivity index (χ0v) is 10.4. The minimum absolute atomic E-state index is 0.736. The maximum atomic E-state index is 4.46. The van der Waals surface area contributed by atoms with Crippen molar-refractivity contribution in [2.75, 3.05) is 5.43 Å². The number of nitrogens with one attached hydrogen (secondary N) is 1. The zero-order chi connectivity index (χ0) is 12.4. The van der Waals surface area contributed by atoms with Gasteiger partial charge >= 0.3 is 0 Å². The van der Waals surface area contributed by atoms with Gasteiger partial charge in [-0.25, -0.2) is 0 Å². The molecule has 1 aromatic carbocycles. The molecular formula is C14H16N4. The lowest BCUT2D eigenvalue weighted by molar-refractivity contribution is 0.623. The molecule has 1 unspecified atom stereocenters. The number of hydrazone groups is 1. The molecule has 2 aromatic rings. The van der Waals surface area contributed by atoms with Gasteiger partial charge in [0.05, 0.1) is 6.20 Å². The summed E-state index contributed by atoms with van der Waals surface area (Å²) in [5.74, 6) is 1.49. The number of rotatable bonds is 2. The fourth-order valence-corrected chi connectivity index (χ4v) is 2.36. The molecule has 1 aliphatic carbocycles. The molecule has 1 aromatic heterocycles. The van der Waals surface area contributed by atoms with Crippen LogP contribution in [-0.2, 0) is 0 Å². The standard InChI is InChI=1S/C14H16N4/c1-10-6-7-12(8-10)16-18-14-13-5-3-2-4-11(13)9-15-17-14/h2-5,9-10H,6-8H2,1H3,(H,17,18)/b16-12+. The van der Waals surface area contributed by atoms with Crippen molar-refractivity contribution in [2.24, 2.45) is 11.0 Å². The number of nitrogens with zero attached hydrogens (tertiary/aromatic N) is 3. The van der Waals surface area contributed by atoms with Crippen LogP contribution in [0.25, 0.3) is 10.8 Å². The highest BCUT2D eigenvalue weighted by atomic mass is 15.3. The number of anilines is 1. The molecule has 3 rings (SSSR count). The van der Waals surface area contributed by atoms with E-state index in [0.29, 0.717) is 0 Å². The van der Waals surface area contributed by atoms with Gasteiger partial charge in [0.25, 0.3) is 0 Å². The summed E-state index contributed by atoms with van der Waals surface area (Å²) in [5.41, 5.74) is 4.30. The number of hydrogen-bond donors (Lipinski definition) is 1. The van der Waals surface area contributed by atoms with Crippen molar-refractivity contribution in [3.05, 3.63) is 30.5 Å². The summed E-state index contributed by atoms with van der Waals surface area (Å²) in [4.78, 5) is 0. The molecule has 0 aliphatic heterocycles. The normalized spacial score (nSPS) is 21.6. The predicted octanol–water partition coefficient (Wildman–Crippen LogP) is 3.22. The van der Waals surface area contributed by atoms with Crippen molar-refractivity contribution in [1.29, 1.82) is 0 Å². The van der Waals surface area contributed by atoms with E-state index >= 15 is 0 Å². The molecule has 4 nitrogen and oxygen atoms in total. The molecule has 0 saturated heterocycles. The molecule has 1 fully saturated rings. The summed E-state index contributed by atoms with van der Waals surface area (Å²) in [7, 11) is 0. The van der Waals surface area contributed by atoms with E-state index in [1.54, 1.807) is 6.20 Å². The van der Waals surface area contributed by atoms with Crippen LogP contribution >= 0.6 is 0 Å². The first-order valence-corrected chi connectivity index (χ1v) is 6.35. The molecule has 1 aliphatic rings. The van der Waals surface area contributed by atoms with Crippen LogP contribution in [0.15, 0.2) is 35.6 Å². The largest absolute Gasteiger partial charge is 0.259 e. The van der Waals surface area contributed by atoms with E-state index < -0.39 is 0 Å². The Morgan fingerprint density at radius 1 is 1.33 bits per heavy atom. The fourth-order valence-electron chi connectivity index (χ4n) is 2.36. The number of hydrogen-bond acceptors (Lipinski definition) is 4. The first-order valence-electron chi connectivity index (χ1n) is 6.35. The number of benzene rings is 1. The molecule has 1 N–H and O–H groups in total. The van der Waals surface area contributed by atoms with E-state index in [4.69, 9.17) is 0 Å². The highest BCUT2D eigenvalue weighted by Crippen LogP contribution is 2.23. The predicted molar refractivity (Wildman–Crippen MR) is 73.6 cm³/mol. The van der Waals surface area contributed by atoms with Gasteiger partial charge < -0.3 is 0 Å². The molecule has 18 heavy (non-hydrogen) atoms. The average Bonchev–Trinajstić information content (AvgIpc) is 2.82. The summed E-state index contributed by atoms with van der Waals surface area (Å²) in [6.07, 6.45) is 5.19. The highest BCUT2D eigenvalue weighted by molar-refractivity contribution is 5.92. The van der Waals surface area contributed by atoms with Gasteiger partial charge in [-0.15, -0.1) is 5.10 Å². The van der Waals surface area contributed by atoms with Crippen molar-refractivity contribution >= 4 is 22.3 Å². The molecule has 1 saturated carbocycles. The first-order chi connectivity index (χ1) is 8.83. The zero-order valence-electron chi connectivity index (χ0n) is 10.4. The van der Waals surface area contributed by atoms with Gasteiger partial charge in [0.15, 0.2) is 5.82 Å². The Hall–Kier alpha value is -1.97. The molecule has 0 amide bonds. The van der Waals surface area contributed by atoms with E-state index in [1.165, 1.54) is 12.1 Å². The lowest BCUT2D eigenvalue weighted by Gasteiger charge is -2.04. The second kappa shape index (κ2) is 4.72. The van der Waals surface area contributed by atoms with Crippen molar-refractivity contribution in [3.63, 3.8) is 0 Å². The maximum Gasteiger partial charge on any atom is 0.176 e. The van der Waals surface area contributed by atoms with Gasteiger partial charge in [-0.1, -0.05) is 31.2 Å². The molecule has 1 atom stereocenters. The Labute approximate surface area is 106 Å². The van der Waals surface area contributed by atoms with Crippen LogP contribution in [0.1, 0.15) is 26.2 Å². The van der Waals surface area contributed by atoms with E-state index in [2.05, 4.69) is 27.6 Å². The van der Waals surface area contributed by atoms with Crippen LogP contribution in [0.5, 0.6) is 0 Å². The summed E-state index contributed by atoms with van der Waals surface area (Å²) in [6, 6.07) is 8.06. The highest BCUT2D eigenvalue weighted by Gasteiger charge is 2.16. The van der Waals surface area contributed by atoms with Crippen LogP contribution in [0.4, 0.5) is 5.82 Å². The Kier molecular flexibility index (Phi) is 2.92. The summed E-state index contributed by atoms with van der Waals surface area (Å²) < 4.78 is 0. The van der Waals surface area contributed by atoms with E-state index in [1.807, 2.05) is 24.3 Å². The van der Waals surface area contributed by atoms with Gasteiger partial charge in [-0.3, -0.25) is 5.43 Å². The van der Waals surface area contributed by atoms with Gasteiger partial charge in [-0.2, -0.15) is 10.2 Å². The fraction of sp³-hybridized carbons (Fsp3) is 0.357. The summed E-state index contributed by atoms with van der Waals surface area (Å²) in [5, 5.41) is 14.7. The van der Waals surface area contributed by atoms with Gasteiger partial charge in [0.1, 0.15) is 0 Å². The smallest absolute Gasteiger partial charge is 0.176 e. The van der Waals surface area contributed by atoms with Crippen LogP contribution in [0.2, 0.25) is 0 Å². The lowest BCUT2D eigenvalue weighted by atomic mass is 10.1. The quantitative estimate of drug-likeness (QED) is 0.820. The number of aromatic nitrogens is 2. The van der Waals surface area contributed by atoms with Gasteiger partial charge in [0, 0.05) is 16.5 Å². The van der Waals surface area contributed by atoms with Crippen molar-refractivity contribution in [2.45, 2.75) is 26.2 Å². The van der Waals surface area contributed by atoms with Crippen LogP contribution in [0.3, 0.4) is 0 Å². The summed E-state index contributed by atoms with van der Waals surface area (Å²) >= 11 is 0. The SMILES string of the molecule is CC1CC/C(=N\Nc2nncc3ccccc23)C1. The second-order valence-corrected chi connectivity index (χ2v) is 4.92. The third kappa shape index (κ3) is 2.18. The molecule has 0 spiro atoms. The van der Waals surface area contributed by atoms with Gasteiger partial charge in [-0.05, 0) is 25.2 Å². The van der Waals surface area contributed by atoms with E-state index in [0.717, 1.165) is 35.3 Å². The van der Waals surface area contributed by atoms with Crippen LogP contribution in [-0.4, -0.2) is 15.9 Å². The van der Waals surface area contributed by atoms with Crippen LogP contribution in [0, 0.1) is 5.92 Å². The average molecular weight is 240 g/mol. The third-order valence-electron chi connectivity index (χ3n) is 3.40. The molecule has 4 heteroatoms. The first kappa shape index (κ1) is 11.1. The Bertz CT molecular complexity index is 586. The second-order valence-electron chi connectivity index (χ2n) is 4.92. The van der Waals surface area contributed by atoms with Crippen molar-refractivity contribution in [1.82, 2.24) is 10.2 Å². The Balaban J connectivity index is 1.87. The molecule has 0 radical (unpaired) electrons. The maximum absolute atomic E-state index is 4.46. The molecule has 1 heterocycles. The molecular weight excluding hydrogens is 224 g/mol. The van der Waals surface area contributed by atoms with Crippen LogP contribution < -0.4 is 5.43 Å². The third-order valence-corrected chi connectivity index (χ3v) is 3.40. The van der Waals surface area contributed by atoms with Gasteiger partial charge in [0.2, 0.25) is 0 Å². The molecule has 0 bridgehead atoms. The Morgan fingerprint density at radius 2 is 2.22 bits per heavy atom. The topological polar surface area (TPSA) is 50.2 Å². The monoisotopic (exact) mass is 240 g/mol. The molecule has 92 valence electrons. The Morgan fingerprint density at radius 3 is 3.06 bits per heavy atom.